The van der Waals surface area contributed by atoms with E-state index < -0.39 is 29.9 Å². The first-order valence-corrected chi connectivity index (χ1v) is 6.46. The van der Waals surface area contributed by atoms with Crippen LogP contribution in [0.5, 0.6) is 0 Å². The predicted octanol–water partition coefficient (Wildman–Crippen LogP) is 2.47. The van der Waals surface area contributed by atoms with Crippen LogP contribution in [0.4, 0.5) is 17.6 Å². The van der Waals surface area contributed by atoms with E-state index >= 15 is 0 Å². The van der Waals surface area contributed by atoms with Crippen molar-refractivity contribution in [2.75, 3.05) is 6.54 Å². The monoisotopic (exact) mass is 315 g/mol. The van der Waals surface area contributed by atoms with Crippen LogP contribution in [0, 0.1) is 5.82 Å². The van der Waals surface area contributed by atoms with Crippen molar-refractivity contribution in [3.8, 4) is 0 Å². The average Bonchev–Trinajstić information content (AvgIpc) is 2.90. The predicted molar refractivity (Wildman–Crippen MR) is 70.4 cm³/mol. The molecule has 0 atom stereocenters. The Balaban J connectivity index is 1.97. The van der Waals surface area contributed by atoms with Crippen molar-refractivity contribution in [3.05, 3.63) is 53.1 Å². The molecule has 0 aliphatic rings. The summed E-state index contributed by atoms with van der Waals surface area (Å²) in [6, 6.07) is 2.10. The number of benzene rings is 1. The summed E-state index contributed by atoms with van der Waals surface area (Å²) < 4.78 is 51.5. The first-order valence-electron chi connectivity index (χ1n) is 6.46. The molecule has 0 aliphatic carbocycles. The van der Waals surface area contributed by atoms with Crippen LogP contribution in [0.25, 0.3) is 0 Å². The van der Waals surface area contributed by atoms with E-state index in [1.165, 1.54) is 0 Å². The van der Waals surface area contributed by atoms with Crippen LogP contribution in [0.3, 0.4) is 0 Å². The first-order chi connectivity index (χ1) is 10.4. The third-order valence-corrected chi connectivity index (χ3v) is 3.01. The van der Waals surface area contributed by atoms with E-state index in [1.807, 2.05) is 0 Å². The third kappa shape index (κ3) is 4.31. The molecule has 8 heteroatoms. The summed E-state index contributed by atoms with van der Waals surface area (Å²) in [4.78, 5) is 11.7. The Morgan fingerprint density at radius 1 is 1.32 bits per heavy atom. The van der Waals surface area contributed by atoms with Gasteiger partial charge in [0.15, 0.2) is 0 Å². The Morgan fingerprint density at radius 2 is 2.09 bits per heavy atom. The minimum atomic E-state index is -4.62. The van der Waals surface area contributed by atoms with Gasteiger partial charge in [0.1, 0.15) is 5.82 Å². The summed E-state index contributed by atoms with van der Waals surface area (Å²) in [5.74, 6) is -1.41. The van der Waals surface area contributed by atoms with E-state index in [0.717, 1.165) is 17.7 Å². The van der Waals surface area contributed by atoms with Crippen LogP contribution >= 0.6 is 0 Å². The van der Waals surface area contributed by atoms with Gasteiger partial charge in [-0.3, -0.25) is 9.89 Å². The molecule has 0 saturated carbocycles. The minimum Gasteiger partial charge on any atom is -0.355 e. The fourth-order valence-corrected chi connectivity index (χ4v) is 1.98. The quantitative estimate of drug-likeness (QED) is 0.833. The molecule has 22 heavy (non-hydrogen) atoms. The molecule has 0 bridgehead atoms. The maximum absolute atomic E-state index is 13.1. The molecule has 0 unspecified atom stereocenters. The topological polar surface area (TPSA) is 57.8 Å². The molecular weight excluding hydrogens is 302 g/mol. The van der Waals surface area contributed by atoms with Crippen LogP contribution in [-0.4, -0.2) is 22.6 Å². The Bertz CT molecular complexity index is 638. The van der Waals surface area contributed by atoms with Crippen LogP contribution < -0.4 is 5.32 Å². The van der Waals surface area contributed by atoms with Crippen LogP contribution in [0.15, 0.2) is 30.6 Å². The van der Waals surface area contributed by atoms with Crippen molar-refractivity contribution in [2.24, 2.45) is 0 Å². The highest BCUT2D eigenvalue weighted by atomic mass is 19.4. The number of nitrogens with zero attached hydrogens (tertiary/aromatic N) is 1. The smallest absolute Gasteiger partial charge is 0.355 e. The molecule has 1 aromatic carbocycles. The Morgan fingerprint density at radius 3 is 2.73 bits per heavy atom. The third-order valence-electron chi connectivity index (χ3n) is 3.01. The molecule has 0 radical (unpaired) electrons. The van der Waals surface area contributed by atoms with Crippen molar-refractivity contribution in [2.45, 2.75) is 19.0 Å². The molecule has 0 aliphatic heterocycles. The standard InChI is InChI=1S/C14H13F4N3O/c15-11-1-2-12(14(16,17)18)10(5-11)6-13(22)19-4-3-9-7-20-21-8-9/h1-2,5,7-8H,3-4,6H2,(H,19,22)(H,20,21). The van der Waals surface area contributed by atoms with E-state index in [-0.39, 0.29) is 12.1 Å². The van der Waals surface area contributed by atoms with E-state index in [0.29, 0.717) is 12.5 Å². The number of carbonyl (C=O) groups is 1. The summed E-state index contributed by atoms with van der Waals surface area (Å²) in [7, 11) is 0. The minimum absolute atomic E-state index is 0.259. The lowest BCUT2D eigenvalue weighted by Crippen LogP contribution is -2.28. The largest absolute Gasteiger partial charge is 0.416 e. The number of alkyl halides is 3. The number of halogens is 4. The Hall–Kier alpha value is -2.38. The van der Waals surface area contributed by atoms with Crippen molar-refractivity contribution in [1.82, 2.24) is 15.5 Å². The Kier molecular flexibility index (Phi) is 4.79. The van der Waals surface area contributed by atoms with E-state index in [2.05, 4.69) is 15.5 Å². The lowest BCUT2D eigenvalue weighted by atomic mass is 10.0. The van der Waals surface area contributed by atoms with E-state index in [9.17, 15) is 22.4 Å². The molecule has 2 aromatic rings. The van der Waals surface area contributed by atoms with Crippen molar-refractivity contribution in [3.63, 3.8) is 0 Å². The van der Waals surface area contributed by atoms with Gasteiger partial charge in [0, 0.05) is 12.7 Å². The van der Waals surface area contributed by atoms with Crippen LogP contribution in [0.2, 0.25) is 0 Å². The molecule has 0 saturated heterocycles. The number of aromatic amines is 1. The number of nitrogens with one attached hydrogen (secondary N) is 2. The van der Waals surface area contributed by atoms with Gasteiger partial charge < -0.3 is 5.32 Å². The molecule has 2 rings (SSSR count). The van der Waals surface area contributed by atoms with Gasteiger partial charge in [-0.2, -0.15) is 18.3 Å². The van der Waals surface area contributed by atoms with Gasteiger partial charge in [-0.15, -0.1) is 0 Å². The van der Waals surface area contributed by atoms with Gasteiger partial charge in [0.05, 0.1) is 18.2 Å². The van der Waals surface area contributed by atoms with Gasteiger partial charge in [-0.1, -0.05) is 0 Å². The number of aromatic nitrogens is 2. The highest BCUT2D eigenvalue weighted by Gasteiger charge is 2.33. The molecule has 0 fully saturated rings. The fourth-order valence-electron chi connectivity index (χ4n) is 1.98. The zero-order valence-corrected chi connectivity index (χ0v) is 11.4. The maximum Gasteiger partial charge on any atom is 0.416 e. The number of carbonyl (C=O) groups excluding carboxylic acids is 1. The number of hydrogen-bond donors (Lipinski definition) is 2. The molecule has 118 valence electrons. The summed E-state index contributed by atoms with van der Waals surface area (Å²) >= 11 is 0. The zero-order chi connectivity index (χ0) is 16.2. The summed E-state index contributed by atoms with van der Waals surface area (Å²) in [6.45, 7) is 0.259. The second kappa shape index (κ2) is 6.59. The van der Waals surface area contributed by atoms with Gasteiger partial charge in [-0.25, -0.2) is 4.39 Å². The number of hydrogen-bond acceptors (Lipinski definition) is 2. The molecule has 1 amide bonds. The molecule has 2 N–H and O–H groups in total. The van der Waals surface area contributed by atoms with E-state index in [4.69, 9.17) is 0 Å². The van der Waals surface area contributed by atoms with Gasteiger partial charge in [0.25, 0.3) is 0 Å². The second-order valence-corrected chi connectivity index (χ2v) is 4.68. The normalized spacial score (nSPS) is 11.5. The van der Waals surface area contributed by atoms with Crippen molar-refractivity contribution >= 4 is 5.91 Å². The zero-order valence-electron chi connectivity index (χ0n) is 11.4. The lowest BCUT2D eigenvalue weighted by molar-refractivity contribution is -0.138. The summed E-state index contributed by atoms with van der Waals surface area (Å²) in [5.41, 5.74) is -0.519. The number of rotatable bonds is 5. The maximum atomic E-state index is 13.1. The van der Waals surface area contributed by atoms with Gasteiger partial charge in [0.2, 0.25) is 5.91 Å². The van der Waals surface area contributed by atoms with Gasteiger partial charge >= 0.3 is 6.18 Å². The summed E-state index contributed by atoms with van der Waals surface area (Å²) in [6.07, 6.45) is -1.42. The average molecular weight is 315 g/mol. The summed E-state index contributed by atoms with van der Waals surface area (Å²) in [5, 5.41) is 8.84. The van der Waals surface area contributed by atoms with E-state index in [1.54, 1.807) is 12.4 Å². The van der Waals surface area contributed by atoms with Crippen molar-refractivity contribution < 1.29 is 22.4 Å². The molecule has 1 heterocycles. The molecule has 4 nitrogen and oxygen atoms in total. The Labute approximate surface area is 123 Å². The molecule has 1 aromatic heterocycles. The SMILES string of the molecule is O=C(Cc1cc(F)ccc1C(F)(F)F)NCCc1cn[nH]c1. The first kappa shape index (κ1) is 16.0. The highest BCUT2D eigenvalue weighted by Crippen LogP contribution is 2.32. The second-order valence-electron chi connectivity index (χ2n) is 4.68. The van der Waals surface area contributed by atoms with Crippen molar-refractivity contribution in [1.29, 1.82) is 0 Å². The number of H-pyrrole nitrogens is 1. The fraction of sp³-hybridized carbons (Fsp3) is 0.286. The van der Waals surface area contributed by atoms with Gasteiger partial charge in [-0.05, 0) is 35.7 Å². The highest BCUT2D eigenvalue weighted by molar-refractivity contribution is 5.79. The van der Waals surface area contributed by atoms with Crippen LogP contribution in [0.1, 0.15) is 16.7 Å². The lowest BCUT2D eigenvalue weighted by Gasteiger charge is -2.13. The molecule has 0 spiro atoms. The number of amides is 1. The van der Waals surface area contributed by atoms with Crippen LogP contribution in [-0.2, 0) is 23.8 Å². The molecular formula is C14H13F4N3O.